The minimum Gasteiger partial charge on any atom is -0.460 e. The Hall–Kier alpha value is 0.118. The first kappa shape index (κ1) is 14.6. The summed E-state index contributed by atoms with van der Waals surface area (Å²) in [6.07, 6.45) is -0.915. The van der Waals surface area contributed by atoms with Crippen molar-refractivity contribution in [1.82, 2.24) is 0 Å². The molecule has 0 amide bonds. The molecule has 0 rings (SSSR count). The Morgan fingerprint density at radius 1 is 1.58 bits per heavy atom. The van der Waals surface area contributed by atoms with E-state index < -0.39 is 17.7 Å². The van der Waals surface area contributed by atoms with Crippen LogP contribution in [-0.4, -0.2) is 22.8 Å². The molecule has 72 valence electrons. The van der Waals surface area contributed by atoms with E-state index in [9.17, 15) is 4.79 Å². The molecule has 3 nitrogen and oxygen atoms in total. The van der Waals surface area contributed by atoms with Crippen LogP contribution in [-0.2, 0) is 30.6 Å². The number of hydrogen-bond donors (Lipinski definition) is 1. The van der Waals surface area contributed by atoms with Crippen molar-refractivity contribution in [3.05, 3.63) is 6.92 Å². The fourth-order valence-corrected chi connectivity index (χ4v) is 0.576. The van der Waals surface area contributed by atoms with E-state index in [1.807, 2.05) is 0 Å². The third kappa shape index (κ3) is 10.1. The molecule has 0 saturated carbocycles. The molecule has 0 bridgehead atoms. The van der Waals surface area contributed by atoms with E-state index in [2.05, 4.69) is 6.92 Å². The number of esters is 1. The maximum absolute atomic E-state index is 10.8. The van der Waals surface area contributed by atoms with Crippen LogP contribution >= 0.6 is 0 Å². The van der Waals surface area contributed by atoms with Crippen molar-refractivity contribution in [1.29, 1.82) is 0 Å². The Kier molecular flexibility index (Phi) is 6.96. The van der Waals surface area contributed by atoms with Crippen molar-refractivity contribution in [2.75, 3.05) is 0 Å². The van der Waals surface area contributed by atoms with Crippen LogP contribution in [0.3, 0.4) is 0 Å². The molecule has 0 aliphatic rings. The van der Waals surface area contributed by atoms with Gasteiger partial charge in [0, 0.05) is 27.5 Å². The van der Waals surface area contributed by atoms with Gasteiger partial charge in [-0.25, -0.2) is 0 Å². The molecule has 0 aromatic heterocycles. The summed E-state index contributed by atoms with van der Waals surface area (Å²) in [6.45, 7) is 8.60. The largest absolute Gasteiger partial charge is 0.460 e. The molecule has 0 aliphatic carbocycles. The molecule has 0 radical (unpaired) electrons. The van der Waals surface area contributed by atoms with Crippen LogP contribution in [0.1, 0.15) is 27.2 Å². The number of hydrogen-bond acceptors (Lipinski definition) is 3. The van der Waals surface area contributed by atoms with Gasteiger partial charge in [-0.2, -0.15) is 0 Å². The molecule has 4 heteroatoms. The zero-order valence-electron chi connectivity index (χ0n) is 7.66. The smallest absolute Gasteiger partial charge is 0.306 e. The molecule has 1 atom stereocenters. The first-order valence-electron chi connectivity index (χ1n) is 3.54. The predicted octanol–water partition coefficient (Wildman–Crippen LogP) is 0.911. The number of carbonyl (C=O) groups is 1. The Bertz CT molecular complexity index is 138. The maximum atomic E-state index is 10.8. The minimum atomic E-state index is -0.871. The van der Waals surface area contributed by atoms with Crippen LogP contribution in [0.5, 0.6) is 0 Å². The minimum absolute atomic E-state index is 0. The molecule has 0 aromatic carbocycles. The van der Waals surface area contributed by atoms with Crippen LogP contribution in [0.15, 0.2) is 0 Å². The molecular weight excluding hydrogens is 328 g/mol. The van der Waals surface area contributed by atoms with E-state index >= 15 is 0 Å². The quantitative estimate of drug-likeness (QED) is 0.599. The van der Waals surface area contributed by atoms with Gasteiger partial charge in [-0.1, -0.05) is 6.10 Å². The van der Waals surface area contributed by atoms with Gasteiger partial charge >= 0.3 is 5.97 Å². The van der Waals surface area contributed by atoms with E-state index in [4.69, 9.17) is 9.84 Å². The molecule has 0 saturated heterocycles. The molecular formula is C8H15O3W-. The number of aliphatic hydroxyl groups is 1. The summed E-state index contributed by atoms with van der Waals surface area (Å²) in [6, 6.07) is 0. The van der Waals surface area contributed by atoms with Crippen molar-refractivity contribution >= 4 is 5.97 Å². The van der Waals surface area contributed by atoms with Gasteiger partial charge < -0.3 is 16.8 Å². The zero-order valence-corrected chi connectivity index (χ0v) is 10.6. The van der Waals surface area contributed by atoms with Crippen LogP contribution in [0.2, 0.25) is 0 Å². The predicted molar refractivity (Wildman–Crippen MR) is 41.8 cm³/mol. The summed E-state index contributed by atoms with van der Waals surface area (Å²) >= 11 is 0. The van der Waals surface area contributed by atoms with Crippen molar-refractivity contribution in [3.8, 4) is 0 Å². The van der Waals surface area contributed by atoms with E-state index in [1.54, 1.807) is 20.8 Å². The van der Waals surface area contributed by atoms with E-state index in [1.165, 1.54) is 0 Å². The van der Waals surface area contributed by atoms with Crippen LogP contribution in [0, 0.1) is 6.92 Å². The molecule has 0 heterocycles. The Morgan fingerprint density at radius 3 is 2.25 bits per heavy atom. The molecule has 0 spiro atoms. The first-order valence-corrected chi connectivity index (χ1v) is 3.54. The van der Waals surface area contributed by atoms with Crippen molar-refractivity contribution in [3.63, 3.8) is 0 Å². The number of aliphatic hydroxyl groups excluding tert-OH is 1. The van der Waals surface area contributed by atoms with Crippen LogP contribution < -0.4 is 0 Å². The number of rotatable bonds is 2. The SMILES string of the molecule is [CH2-]C(O)CC(=O)OC(C)(C)C.[W]. The summed E-state index contributed by atoms with van der Waals surface area (Å²) in [4.78, 5) is 10.8. The average Bonchev–Trinajstić information content (AvgIpc) is 1.53. The van der Waals surface area contributed by atoms with Gasteiger partial charge in [0.2, 0.25) is 0 Å². The fraction of sp³-hybridized carbons (Fsp3) is 0.750. The average molecular weight is 343 g/mol. The van der Waals surface area contributed by atoms with Crippen LogP contribution in [0.25, 0.3) is 0 Å². The van der Waals surface area contributed by atoms with Gasteiger partial charge in [-0.3, -0.25) is 4.79 Å². The summed E-state index contributed by atoms with van der Waals surface area (Å²) < 4.78 is 4.91. The van der Waals surface area contributed by atoms with Crippen molar-refractivity contribution in [2.24, 2.45) is 0 Å². The van der Waals surface area contributed by atoms with Gasteiger partial charge in [0.25, 0.3) is 0 Å². The van der Waals surface area contributed by atoms with Gasteiger partial charge in [0.1, 0.15) is 5.60 Å². The van der Waals surface area contributed by atoms with E-state index in [0.29, 0.717) is 0 Å². The summed E-state index contributed by atoms with van der Waals surface area (Å²) in [5, 5.41) is 8.71. The zero-order chi connectivity index (χ0) is 9.07. The number of carbonyl (C=O) groups excluding carboxylic acids is 1. The fourth-order valence-electron chi connectivity index (χ4n) is 0.576. The molecule has 12 heavy (non-hydrogen) atoms. The van der Waals surface area contributed by atoms with E-state index in [0.717, 1.165) is 0 Å². The Labute approximate surface area is 87.8 Å². The third-order valence-electron chi connectivity index (χ3n) is 0.822. The van der Waals surface area contributed by atoms with Gasteiger partial charge in [0.15, 0.2) is 0 Å². The van der Waals surface area contributed by atoms with Crippen LogP contribution in [0.4, 0.5) is 0 Å². The second kappa shape index (κ2) is 5.71. The summed E-state index contributed by atoms with van der Waals surface area (Å²) in [5.74, 6) is -0.417. The monoisotopic (exact) mass is 343 g/mol. The summed E-state index contributed by atoms with van der Waals surface area (Å²) in [5.41, 5.74) is -0.480. The molecule has 1 N–H and O–H groups in total. The number of ether oxygens (including phenoxy) is 1. The maximum Gasteiger partial charge on any atom is 0.306 e. The molecule has 0 aliphatic heterocycles. The van der Waals surface area contributed by atoms with Gasteiger partial charge in [-0.05, 0) is 20.8 Å². The second-order valence-electron chi connectivity index (χ2n) is 3.44. The van der Waals surface area contributed by atoms with Crippen molar-refractivity contribution < 1.29 is 35.7 Å². The molecule has 1 unspecified atom stereocenters. The molecule has 0 fully saturated rings. The first-order chi connectivity index (χ1) is 4.81. The van der Waals surface area contributed by atoms with Gasteiger partial charge in [0.05, 0.1) is 0 Å². The Morgan fingerprint density at radius 2 is 2.00 bits per heavy atom. The van der Waals surface area contributed by atoms with Crippen molar-refractivity contribution in [2.45, 2.75) is 38.9 Å². The Balaban J connectivity index is 0. The topological polar surface area (TPSA) is 46.5 Å². The third-order valence-corrected chi connectivity index (χ3v) is 0.822. The van der Waals surface area contributed by atoms with Gasteiger partial charge in [-0.15, -0.1) is 0 Å². The molecule has 0 aromatic rings. The standard InChI is InChI=1S/C8H15O3.W/c1-6(9)5-7(10)11-8(2,3)4;/h6,9H,1,5H2,2-4H3;/q-1;. The van der Waals surface area contributed by atoms with E-state index in [-0.39, 0.29) is 27.5 Å². The summed E-state index contributed by atoms with van der Waals surface area (Å²) in [7, 11) is 0. The second-order valence-corrected chi connectivity index (χ2v) is 3.44. The normalized spacial score (nSPS) is 13.1.